The van der Waals surface area contributed by atoms with Crippen molar-refractivity contribution in [2.45, 2.75) is 18.9 Å². The number of aliphatic carboxylic acids is 1. The standard InChI is InChI=1S/C9H12N2O2.2ClH/c1-9(10,5-8(12)13)7-3-2-4-11-6-7;;/h2-4,6H,5,10H2,1H3,(H,12,13);2*1H/t9-;;/m0../s1. The van der Waals surface area contributed by atoms with Crippen molar-refractivity contribution in [2.24, 2.45) is 5.73 Å². The number of hydrogen-bond acceptors (Lipinski definition) is 3. The molecule has 6 heteroatoms. The third-order valence-electron chi connectivity index (χ3n) is 1.84. The summed E-state index contributed by atoms with van der Waals surface area (Å²) in [6, 6.07) is 3.51. The number of halogens is 2. The maximum Gasteiger partial charge on any atom is 0.305 e. The Morgan fingerprint density at radius 2 is 2.20 bits per heavy atom. The summed E-state index contributed by atoms with van der Waals surface area (Å²) in [7, 11) is 0. The molecule has 4 nitrogen and oxygen atoms in total. The average molecular weight is 253 g/mol. The van der Waals surface area contributed by atoms with E-state index in [0.29, 0.717) is 0 Å². The zero-order valence-corrected chi connectivity index (χ0v) is 9.85. The van der Waals surface area contributed by atoms with E-state index in [1.807, 2.05) is 0 Å². The highest BCUT2D eigenvalue weighted by Gasteiger charge is 2.24. The van der Waals surface area contributed by atoms with E-state index in [2.05, 4.69) is 4.98 Å². The highest BCUT2D eigenvalue weighted by atomic mass is 35.5. The molecule has 15 heavy (non-hydrogen) atoms. The maximum atomic E-state index is 10.5. The number of nitrogens with two attached hydrogens (primary N) is 1. The third kappa shape index (κ3) is 4.97. The molecular weight excluding hydrogens is 239 g/mol. The Bertz CT molecular complexity index is 304. The van der Waals surface area contributed by atoms with Crippen LogP contribution in [0, 0.1) is 0 Å². The van der Waals surface area contributed by atoms with Crippen LogP contribution in [-0.2, 0) is 10.3 Å². The van der Waals surface area contributed by atoms with Crippen LogP contribution in [0.15, 0.2) is 24.5 Å². The topological polar surface area (TPSA) is 76.2 Å². The normalized spacial score (nSPS) is 12.9. The van der Waals surface area contributed by atoms with E-state index >= 15 is 0 Å². The van der Waals surface area contributed by atoms with Gasteiger partial charge in [0.15, 0.2) is 0 Å². The summed E-state index contributed by atoms with van der Waals surface area (Å²) < 4.78 is 0. The number of rotatable bonds is 3. The molecule has 0 radical (unpaired) electrons. The second kappa shape index (κ2) is 6.61. The van der Waals surface area contributed by atoms with E-state index < -0.39 is 11.5 Å². The lowest BCUT2D eigenvalue weighted by Gasteiger charge is -2.22. The van der Waals surface area contributed by atoms with E-state index in [9.17, 15) is 4.79 Å². The molecular formula is C9H14Cl2N2O2. The number of aromatic nitrogens is 1. The van der Waals surface area contributed by atoms with Gasteiger partial charge in [-0.3, -0.25) is 9.78 Å². The Morgan fingerprint density at radius 3 is 2.60 bits per heavy atom. The predicted molar refractivity (Wildman–Crippen MR) is 62.5 cm³/mol. The van der Waals surface area contributed by atoms with E-state index in [-0.39, 0.29) is 31.2 Å². The lowest BCUT2D eigenvalue weighted by Crippen LogP contribution is -2.35. The first-order valence-corrected chi connectivity index (χ1v) is 3.93. The van der Waals surface area contributed by atoms with Gasteiger partial charge in [-0.05, 0) is 18.6 Å². The van der Waals surface area contributed by atoms with Crippen LogP contribution in [0.1, 0.15) is 18.9 Å². The van der Waals surface area contributed by atoms with E-state index in [4.69, 9.17) is 10.8 Å². The van der Waals surface area contributed by atoms with Gasteiger partial charge >= 0.3 is 5.97 Å². The van der Waals surface area contributed by atoms with Crippen LogP contribution < -0.4 is 5.73 Å². The largest absolute Gasteiger partial charge is 0.481 e. The molecule has 0 unspecified atom stereocenters. The van der Waals surface area contributed by atoms with Crippen LogP contribution in [0.4, 0.5) is 0 Å². The minimum Gasteiger partial charge on any atom is -0.481 e. The Morgan fingerprint density at radius 1 is 1.60 bits per heavy atom. The van der Waals surface area contributed by atoms with Gasteiger partial charge in [-0.15, -0.1) is 24.8 Å². The molecule has 1 heterocycles. The zero-order valence-electron chi connectivity index (χ0n) is 8.21. The number of nitrogens with zero attached hydrogens (tertiary/aromatic N) is 1. The molecule has 1 aromatic rings. The molecule has 0 aromatic carbocycles. The fourth-order valence-corrected chi connectivity index (χ4v) is 1.12. The van der Waals surface area contributed by atoms with Crippen LogP contribution in [0.25, 0.3) is 0 Å². The molecule has 0 aliphatic carbocycles. The van der Waals surface area contributed by atoms with Crippen molar-refractivity contribution >= 4 is 30.8 Å². The summed E-state index contributed by atoms with van der Waals surface area (Å²) >= 11 is 0. The number of carboxylic acids is 1. The smallest absolute Gasteiger partial charge is 0.305 e. The van der Waals surface area contributed by atoms with Crippen LogP contribution in [0.2, 0.25) is 0 Å². The van der Waals surface area contributed by atoms with Gasteiger partial charge in [0.2, 0.25) is 0 Å². The molecule has 0 saturated carbocycles. The highest BCUT2D eigenvalue weighted by molar-refractivity contribution is 5.85. The summed E-state index contributed by atoms with van der Waals surface area (Å²) in [5.41, 5.74) is 5.70. The van der Waals surface area contributed by atoms with Crippen molar-refractivity contribution in [3.05, 3.63) is 30.1 Å². The van der Waals surface area contributed by atoms with Crippen molar-refractivity contribution < 1.29 is 9.90 Å². The summed E-state index contributed by atoms with van der Waals surface area (Å²) in [5.74, 6) is -0.908. The first kappa shape index (κ1) is 16.6. The molecule has 0 saturated heterocycles. The fourth-order valence-electron chi connectivity index (χ4n) is 1.12. The monoisotopic (exact) mass is 252 g/mol. The molecule has 0 amide bonds. The average Bonchev–Trinajstić information content (AvgIpc) is 2.04. The molecule has 1 atom stereocenters. The third-order valence-corrected chi connectivity index (χ3v) is 1.84. The quantitative estimate of drug-likeness (QED) is 0.857. The summed E-state index contributed by atoms with van der Waals surface area (Å²) in [5, 5.41) is 8.61. The number of pyridine rings is 1. The second-order valence-corrected chi connectivity index (χ2v) is 3.23. The summed E-state index contributed by atoms with van der Waals surface area (Å²) in [4.78, 5) is 14.4. The first-order valence-electron chi connectivity index (χ1n) is 3.93. The lowest BCUT2D eigenvalue weighted by molar-refractivity contribution is -0.138. The van der Waals surface area contributed by atoms with Gasteiger partial charge in [0.05, 0.1) is 12.0 Å². The van der Waals surface area contributed by atoms with Gasteiger partial charge in [0.25, 0.3) is 0 Å². The fraction of sp³-hybridized carbons (Fsp3) is 0.333. The molecule has 0 aliphatic heterocycles. The Balaban J connectivity index is 0. The molecule has 0 spiro atoms. The Labute approximate surface area is 101 Å². The van der Waals surface area contributed by atoms with E-state index in [1.54, 1.807) is 31.5 Å². The van der Waals surface area contributed by atoms with E-state index in [1.165, 1.54) is 0 Å². The van der Waals surface area contributed by atoms with Crippen molar-refractivity contribution in [3.8, 4) is 0 Å². The first-order chi connectivity index (χ1) is 6.02. The van der Waals surface area contributed by atoms with Gasteiger partial charge in [-0.1, -0.05) is 6.07 Å². The van der Waals surface area contributed by atoms with Crippen molar-refractivity contribution in [3.63, 3.8) is 0 Å². The number of carboxylic acid groups (broad SMARTS) is 1. The lowest BCUT2D eigenvalue weighted by atomic mass is 9.91. The van der Waals surface area contributed by atoms with Crippen molar-refractivity contribution in [1.29, 1.82) is 0 Å². The Kier molecular flexibility index (Phi) is 7.31. The number of carbonyl (C=O) groups is 1. The van der Waals surface area contributed by atoms with Gasteiger partial charge < -0.3 is 10.8 Å². The van der Waals surface area contributed by atoms with Gasteiger partial charge in [-0.25, -0.2) is 0 Å². The van der Waals surface area contributed by atoms with Crippen LogP contribution in [-0.4, -0.2) is 16.1 Å². The van der Waals surface area contributed by atoms with E-state index in [0.717, 1.165) is 5.56 Å². The van der Waals surface area contributed by atoms with Crippen molar-refractivity contribution in [2.75, 3.05) is 0 Å². The maximum absolute atomic E-state index is 10.5. The molecule has 0 aliphatic rings. The highest BCUT2D eigenvalue weighted by Crippen LogP contribution is 2.19. The molecule has 86 valence electrons. The second-order valence-electron chi connectivity index (χ2n) is 3.23. The molecule has 0 bridgehead atoms. The minimum absolute atomic E-state index is 0. The van der Waals surface area contributed by atoms with Crippen LogP contribution >= 0.6 is 24.8 Å². The summed E-state index contributed by atoms with van der Waals surface area (Å²) in [6.07, 6.45) is 3.11. The minimum atomic E-state index is -0.908. The molecule has 0 fully saturated rings. The van der Waals surface area contributed by atoms with Crippen LogP contribution in [0.3, 0.4) is 0 Å². The molecule has 1 rings (SSSR count). The number of hydrogen-bond donors (Lipinski definition) is 2. The van der Waals surface area contributed by atoms with Gasteiger partial charge in [0, 0.05) is 12.4 Å². The van der Waals surface area contributed by atoms with Crippen LogP contribution in [0.5, 0.6) is 0 Å². The Hall–Kier alpha value is -0.840. The molecule has 1 aromatic heterocycles. The predicted octanol–water partition coefficient (Wildman–Crippen LogP) is 1.57. The summed E-state index contributed by atoms with van der Waals surface area (Å²) in [6.45, 7) is 1.68. The van der Waals surface area contributed by atoms with Gasteiger partial charge in [0.1, 0.15) is 0 Å². The SMILES string of the molecule is C[C@](N)(CC(=O)O)c1cccnc1.Cl.Cl. The van der Waals surface area contributed by atoms with Crippen molar-refractivity contribution in [1.82, 2.24) is 4.98 Å². The molecule has 3 N–H and O–H groups in total. The van der Waals surface area contributed by atoms with Gasteiger partial charge in [-0.2, -0.15) is 0 Å². The zero-order chi connectivity index (χ0) is 9.90.